The zero-order chi connectivity index (χ0) is 21.1. The van der Waals surface area contributed by atoms with E-state index in [-0.39, 0.29) is 0 Å². The number of para-hydroxylation sites is 1. The van der Waals surface area contributed by atoms with Gasteiger partial charge in [0.15, 0.2) is 17.7 Å². The number of aromatic nitrogens is 3. The second kappa shape index (κ2) is 8.54. The number of ether oxygens (including phenoxy) is 1. The lowest BCUT2D eigenvalue weighted by Gasteiger charge is -2.19. The molecule has 10 heteroatoms. The molecule has 30 heavy (non-hydrogen) atoms. The van der Waals surface area contributed by atoms with E-state index in [9.17, 15) is 15.2 Å². The van der Waals surface area contributed by atoms with Gasteiger partial charge in [-0.2, -0.15) is 4.98 Å². The number of nitrogens with one attached hydrogen (secondary N) is 1. The molecule has 0 aliphatic carbocycles. The molecule has 0 saturated carbocycles. The van der Waals surface area contributed by atoms with E-state index >= 15 is 0 Å². The third kappa shape index (κ3) is 3.99. The first-order valence-electron chi connectivity index (χ1n) is 9.44. The lowest BCUT2D eigenvalue weighted by atomic mass is 10.1. The molecule has 1 atom stereocenters. The van der Waals surface area contributed by atoms with Crippen LogP contribution in [0.2, 0.25) is 0 Å². The van der Waals surface area contributed by atoms with Crippen molar-refractivity contribution < 1.29 is 14.8 Å². The molecular weight excluding hydrogens is 406 g/mol. The van der Waals surface area contributed by atoms with Gasteiger partial charge >= 0.3 is 5.69 Å². The smallest absolute Gasteiger partial charge is 0.311 e. The molecule has 0 bridgehead atoms. The minimum absolute atomic E-state index is 0.294. The third-order valence-corrected chi connectivity index (χ3v) is 5.49. The highest BCUT2D eigenvalue weighted by atomic mass is 32.2. The van der Waals surface area contributed by atoms with E-state index in [0.29, 0.717) is 22.3 Å². The Morgan fingerprint density at radius 2 is 2.10 bits per heavy atom. The number of aromatic hydroxyl groups is 1. The van der Waals surface area contributed by atoms with Crippen LogP contribution in [-0.2, 0) is 0 Å². The first kappa shape index (κ1) is 19.9. The topological polar surface area (TPSA) is 123 Å². The number of nitro groups is 1. The number of nitrogens with zero attached hydrogens (tertiary/aromatic N) is 4. The lowest BCUT2D eigenvalue weighted by molar-refractivity contribution is -0.386. The Hall–Kier alpha value is -3.40. The fourth-order valence-electron chi connectivity index (χ4n) is 3.02. The predicted molar refractivity (Wildman–Crippen MR) is 113 cm³/mol. The molecule has 0 fully saturated rings. The summed E-state index contributed by atoms with van der Waals surface area (Å²) in [6.45, 7) is 2.11. The monoisotopic (exact) mass is 425 g/mol. The van der Waals surface area contributed by atoms with Crippen molar-refractivity contribution >= 4 is 23.1 Å². The van der Waals surface area contributed by atoms with Gasteiger partial charge in [-0.1, -0.05) is 43.3 Å². The number of unbranched alkanes of at least 4 members (excludes halogenated alkanes) is 1. The maximum absolute atomic E-state index is 11.2. The second-order valence-corrected chi connectivity index (χ2v) is 7.71. The van der Waals surface area contributed by atoms with Gasteiger partial charge in [-0.05, 0) is 24.6 Å². The number of phenolic OH excluding ortho intramolecular Hbond substituents is 1. The van der Waals surface area contributed by atoms with E-state index in [4.69, 9.17) is 4.74 Å². The third-order valence-electron chi connectivity index (χ3n) is 4.56. The Bertz CT molecular complexity index is 1090. The van der Waals surface area contributed by atoms with Crippen LogP contribution >= 0.6 is 11.8 Å². The predicted octanol–water partition coefficient (Wildman–Crippen LogP) is 4.55. The van der Waals surface area contributed by atoms with Gasteiger partial charge in [0.05, 0.1) is 4.92 Å². The molecule has 1 aliphatic heterocycles. The van der Waals surface area contributed by atoms with Gasteiger partial charge in [0, 0.05) is 28.6 Å². The normalized spacial score (nSPS) is 14.6. The fraction of sp³-hybridized carbons (Fsp3) is 0.250. The Kier molecular flexibility index (Phi) is 5.66. The van der Waals surface area contributed by atoms with E-state index < -0.39 is 22.6 Å². The van der Waals surface area contributed by atoms with Gasteiger partial charge in [-0.25, -0.2) is 0 Å². The van der Waals surface area contributed by atoms with Crippen LogP contribution in [0.4, 0.5) is 11.4 Å². The molecule has 0 radical (unpaired) electrons. The van der Waals surface area contributed by atoms with Crippen LogP contribution in [0.3, 0.4) is 0 Å². The number of fused-ring (bicyclic) bond motifs is 3. The molecule has 3 aromatic rings. The van der Waals surface area contributed by atoms with Crippen LogP contribution in [0.5, 0.6) is 11.6 Å². The Balaban J connectivity index is 1.76. The summed E-state index contributed by atoms with van der Waals surface area (Å²) in [5.41, 5.74) is 2.08. The zero-order valence-electron chi connectivity index (χ0n) is 16.1. The number of anilines is 1. The number of phenols is 1. The van der Waals surface area contributed by atoms with Crippen molar-refractivity contribution in [3.05, 3.63) is 58.1 Å². The lowest BCUT2D eigenvalue weighted by Crippen LogP contribution is -2.17. The van der Waals surface area contributed by atoms with E-state index in [1.165, 1.54) is 23.9 Å². The first-order valence-corrected chi connectivity index (χ1v) is 10.4. The fourth-order valence-corrected chi connectivity index (χ4v) is 3.88. The van der Waals surface area contributed by atoms with Crippen molar-refractivity contribution in [2.24, 2.45) is 0 Å². The summed E-state index contributed by atoms with van der Waals surface area (Å²) in [5, 5.41) is 33.3. The summed E-state index contributed by atoms with van der Waals surface area (Å²) in [6, 6.07) is 11.6. The molecule has 154 valence electrons. The minimum Gasteiger partial charge on any atom is -0.502 e. The maximum Gasteiger partial charge on any atom is 0.311 e. The van der Waals surface area contributed by atoms with Crippen LogP contribution < -0.4 is 10.1 Å². The van der Waals surface area contributed by atoms with Gasteiger partial charge in [-0.3, -0.25) is 10.1 Å². The number of benzene rings is 2. The van der Waals surface area contributed by atoms with Gasteiger partial charge in [0.2, 0.25) is 11.0 Å². The van der Waals surface area contributed by atoms with E-state index in [0.717, 1.165) is 29.8 Å². The number of rotatable bonds is 6. The van der Waals surface area contributed by atoms with Crippen molar-refractivity contribution in [2.75, 3.05) is 11.1 Å². The molecule has 2 heterocycles. The van der Waals surface area contributed by atoms with Crippen LogP contribution in [-0.4, -0.2) is 31.0 Å². The molecule has 2 aromatic carbocycles. The highest BCUT2D eigenvalue weighted by Crippen LogP contribution is 2.40. The molecule has 1 aromatic heterocycles. The molecular formula is C20H19N5O4S. The molecule has 9 nitrogen and oxygen atoms in total. The SMILES string of the molecule is CCCCSc1nnc2c(n1)O[C@H](c1ccc(O)c([N+](=O)[O-])c1)Nc1ccccc1-2. The maximum atomic E-state index is 11.2. The molecule has 1 aliphatic rings. The van der Waals surface area contributed by atoms with E-state index in [1.54, 1.807) is 6.07 Å². The zero-order valence-corrected chi connectivity index (χ0v) is 16.9. The van der Waals surface area contributed by atoms with Crippen LogP contribution in [0, 0.1) is 10.1 Å². The van der Waals surface area contributed by atoms with Gasteiger partial charge in [-0.15, -0.1) is 10.2 Å². The average molecular weight is 425 g/mol. The van der Waals surface area contributed by atoms with Crippen LogP contribution in [0.25, 0.3) is 11.3 Å². The van der Waals surface area contributed by atoms with Gasteiger partial charge in [0.1, 0.15) is 0 Å². The van der Waals surface area contributed by atoms with Crippen molar-refractivity contribution in [3.8, 4) is 22.9 Å². The minimum atomic E-state index is -0.767. The summed E-state index contributed by atoms with van der Waals surface area (Å²) in [5.74, 6) is 0.762. The van der Waals surface area contributed by atoms with Gasteiger partial charge in [0.25, 0.3) is 0 Å². The molecule has 0 unspecified atom stereocenters. The van der Waals surface area contributed by atoms with Gasteiger partial charge < -0.3 is 15.2 Å². The summed E-state index contributed by atoms with van der Waals surface area (Å²) >= 11 is 1.50. The number of hydrogen-bond donors (Lipinski definition) is 2. The van der Waals surface area contributed by atoms with E-state index in [2.05, 4.69) is 27.4 Å². The van der Waals surface area contributed by atoms with Crippen molar-refractivity contribution in [1.29, 1.82) is 0 Å². The van der Waals surface area contributed by atoms with Crippen LogP contribution in [0.15, 0.2) is 47.6 Å². The van der Waals surface area contributed by atoms with Crippen LogP contribution in [0.1, 0.15) is 31.6 Å². The standard InChI is InChI=1S/C20H19N5O4S/c1-2-3-10-30-20-22-19-17(23-24-20)13-6-4-5-7-14(13)21-18(29-19)12-8-9-16(26)15(11-12)25(27)28/h4-9,11,18,21,26H,2-3,10H2,1H3/t18-/m1/s1. The second-order valence-electron chi connectivity index (χ2n) is 6.64. The first-order chi connectivity index (χ1) is 14.6. The molecule has 0 saturated heterocycles. The number of thioether (sulfide) groups is 1. The highest BCUT2D eigenvalue weighted by Gasteiger charge is 2.27. The summed E-state index contributed by atoms with van der Waals surface area (Å²) in [4.78, 5) is 15.1. The number of nitro benzene ring substituents is 1. The summed E-state index contributed by atoms with van der Waals surface area (Å²) < 4.78 is 6.10. The summed E-state index contributed by atoms with van der Waals surface area (Å²) in [7, 11) is 0. The Labute approximate surface area is 176 Å². The molecule has 0 amide bonds. The molecule has 2 N–H and O–H groups in total. The Morgan fingerprint density at radius 3 is 2.90 bits per heavy atom. The van der Waals surface area contributed by atoms with Crippen molar-refractivity contribution in [1.82, 2.24) is 15.2 Å². The summed E-state index contributed by atoms with van der Waals surface area (Å²) in [6.07, 6.45) is 1.34. The highest BCUT2D eigenvalue weighted by molar-refractivity contribution is 7.99. The van der Waals surface area contributed by atoms with Crippen molar-refractivity contribution in [3.63, 3.8) is 0 Å². The quantitative estimate of drug-likeness (QED) is 0.253. The molecule has 0 spiro atoms. The average Bonchev–Trinajstić information content (AvgIpc) is 2.90. The number of hydrogen-bond acceptors (Lipinski definition) is 9. The Morgan fingerprint density at radius 1 is 1.27 bits per heavy atom. The largest absolute Gasteiger partial charge is 0.502 e. The molecule has 4 rings (SSSR count). The van der Waals surface area contributed by atoms with Crippen molar-refractivity contribution in [2.45, 2.75) is 31.1 Å². The van der Waals surface area contributed by atoms with E-state index in [1.807, 2.05) is 24.3 Å².